The number of benzene rings is 1. The molecule has 5 heteroatoms. The van der Waals surface area contributed by atoms with Gasteiger partial charge in [-0.15, -0.1) is 11.3 Å². The van der Waals surface area contributed by atoms with Gasteiger partial charge in [-0.25, -0.2) is 4.98 Å². The van der Waals surface area contributed by atoms with Crippen molar-refractivity contribution in [2.24, 2.45) is 5.73 Å². The number of hydrogen-bond donors (Lipinski definition) is 1. The molecule has 2 N–H and O–H groups in total. The van der Waals surface area contributed by atoms with Gasteiger partial charge in [0.1, 0.15) is 12.4 Å². The van der Waals surface area contributed by atoms with E-state index >= 15 is 0 Å². The predicted octanol–water partition coefficient (Wildman–Crippen LogP) is 4.22. The van der Waals surface area contributed by atoms with Crippen LogP contribution in [-0.4, -0.2) is 11.0 Å². The van der Waals surface area contributed by atoms with E-state index in [1.807, 2.05) is 23.6 Å². The summed E-state index contributed by atoms with van der Waals surface area (Å²) in [5, 5.41) is 3.78. The fourth-order valence-electron chi connectivity index (χ4n) is 1.96. The predicted molar refractivity (Wildman–Crippen MR) is 89.2 cm³/mol. The summed E-state index contributed by atoms with van der Waals surface area (Å²) in [7, 11) is 0. The minimum absolute atomic E-state index is 0.176. The van der Waals surface area contributed by atoms with Crippen LogP contribution < -0.4 is 10.5 Å². The molecular formula is C16H21ClN2OS. The largest absolute Gasteiger partial charge is 0.486 e. The van der Waals surface area contributed by atoms with Gasteiger partial charge in [0.25, 0.3) is 0 Å². The van der Waals surface area contributed by atoms with Crippen LogP contribution in [0.1, 0.15) is 36.5 Å². The average Bonchev–Trinajstić information content (AvgIpc) is 2.94. The lowest BCUT2D eigenvalue weighted by atomic mass is 10.0. The lowest BCUT2D eigenvalue weighted by Gasteiger charge is -2.11. The van der Waals surface area contributed by atoms with E-state index in [0.717, 1.165) is 35.5 Å². The van der Waals surface area contributed by atoms with Gasteiger partial charge >= 0.3 is 0 Å². The van der Waals surface area contributed by atoms with Crippen LogP contribution in [0, 0.1) is 0 Å². The molecule has 21 heavy (non-hydrogen) atoms. The van der Waals surface area contributed by atoms with Crippen LogP contribution in [0.15, 0.2) is 23.6 Å². The highest BCUT2D eigenvalue weighted by atomic mass is 35.5. The summed E-state index contributed by atoms with van der Waals surface area (Å²) in [5.74, 6) is 0.691. The summed E-state index contributed by atoms with van der Waals surface area (Å²) in [6.07, 6.45) is 2.75. The number of hydrogen-bond acceptors (Lipinski definition) is 4. The Hall–Kier alpha value is -1.10. The Morgan fingerprint density at radius 2 is 2.19 bits per heavy atom. The molecule has 0 aliphatic carbocycles. The molecule has 0 saturated heterocycles. The quantitative estimate of drug-likeness (QED) is 0.829. The highest BCUT2D eigenvalue weighted by Gasteiger charge is 2.07. The van der Waals surface area contributed by atoms with E-state index in [4.69, 9.17) is 22.1 Å². The molecule has 1 aromatic heterocycles. The second-order valence-electron chi connectivity index (χ2n) is 5.01. The Morgan fingerprint density at radius 3 is 2.81 bits per heavy atom. The van der Waals surface area contributed by atoms with Crippen molar-refractivity contribution >= 4 is 22.9 Å². The fraction of sp³-hybridized carbons (Fsp3) is 0.438. The maximum absolute atomic E-state index is 6.27. The number of ether oxygens (including phenoxy) is 1. The van der Waals surface area contributed by atoms with E-state index in [1.54, 1.807) is 11.3 Å². The van der Waals surface area contributed by atoms with Gasteiger partial charge in [0.15, 0.2) is 0 Å². The van der Waals surface area contributed by atoms with Crippen molar-refractivity contribution in [1.82, 2.24) is 4.98 Å². The molecule has 0 amide bonds. The maximum atomic E-state index is 6.27. The van der Waals surface area contributed by atoms with Crippen molar-refractivity contribution < 1.29 is 4.74 Å². The first-order valence-corrected chi connectivity index (χ1v) is 8.48. The number of thiazole rings is 1. The first kappa shape index (κ1) is 16.3. The van der Waals surface area contributed by atoms with E-state index in [-0.39, 0.29) is 6.04 Å². The zero-order valence-electron chi connectivity index (χ0n) is 12.4. The van der Waals surface area contributed by atoms with Gasteiger partial charge in [0.05, 0.1) is 15.7 Å². The number of nitrogens with two attached hydrogens (primary N) is 1. The van der Waals surface area contributed by atoms with Gasteiger partial charge in [-0.1, -0.05) is 31.5 Å². The molecule has 2 aromatic rings. The number of aromatic nitrogens is 1. The summed E-state index contributed by atoms with van der Waals surface area (Å²) in [4.78, 5) is 4.48. The maximum Gasteiger partial charge on any atom is 0.138 e. The summed E-state index contributed by atoms with van der Waals surface area (Å²) >= 11 is 7.93. The molecule has 0 bridgehead atoms. The topological polar surface area (TPSA) is 48.1 Å². The molecule has 0 fully saturated rings. The molecule has 0 aliphatic rings. The number of rotatable bonds is 7. The van der Waals surface area contributed by atoms with Crippen LogP contribution >= 0.6 is 22.9 Å². The highest BCUT2D eigenvalue weighted by Crippen LogP contribution is 2.27. The third-order valence-corrected chi connectivity index (χ3v) is 4.63. The molecule has 2 rings (SSSR count). The molecule has 114 valence electrons. The van der Waals surface area contributed by atoms with Crippen molar-refractivity contribution in [3.63, 3.8) is 0 Å². The average molecular weight is 325 g/mol. The Morgan fingerprint density at radius 1 is 1.38 bits per heavy atom. The van der Waals surface area contributed by atoms with Gasteiger partial charge in [-0.3, -0.25) is 0 Å². The molecule has 1 aromatic carbocycles. The Balaban J connectivity index is 1.97. The minimum atomic E-state index is 0.176. The SMILES string of the molecule is CCc1nc(COc2ccc(CC(N)CC)cc2Cl)cs1. The molecule has 0 saturated carbocycles. The van der Waals surface area contributed by atoms with Crippen molar-refractivity contribution in [2.75, 3.05) is 0 Å². The fourth-order valence-corrected chi connectivity index (χ4v) is 2.95. The van der Waals surface area contributed by atoms with Crippen LogP contribution in [0.3, 0.4) is 0 Å². The van der Waals surface area contributed by atoms with E-state index in [2.05, 4.69) is 18.8 Å². The Kier molecular flexibility index (Phi) is 6.03. The number of halogens is 1. The Labute approximate surface area is 135 Å². The van der Waals surface area contributed by atoms with Gasteiger partial charge in [-0.05, 0) is 37.0 Å². The normalized spacial score (nSPS) is 12.4. The summed E-state index contributed by atoms with van der Waals surface area (Å²) < 4.78 is 5.75. The van der Waals surface area contributed by atoms with E-state index < -0.39 is 0 Å². The highest BCUT2D eigenvalue weighted by molar-refractivity contribution is 7.09. The zero-order valence-corrected chi connectivity index (χ0v) is 14.0. The van der Waals surface area contributed by atoms with Crippen LogP contribution in [0.5, 0.6) is 5.75 Å². The molecule has 0 radical (unpaired) electrons. The number of aryl methyl sites for hydroxylation is 1. The first-order valence-electron chi connectivity index (χ1n) is 7.22. The van der Waals surface area contributed by atoms with Crippen LogP contribution in [0.2, 0.25) is 5.02 Å². The van der Waals surface area contributed by atoms with Gasteiger partial charge in [0, 0.05) is 11.4 Å². The first-order chi connectivity index (χ1) is 10.1. The zero-order chi connectivity index (χ0) is 15.2. The van der Waals surface area contributed by atoms with Crippen LogP contribution in [0.25, 0.3) is 0 Å². The van der Waals surface area contributed by atoms with Crippen molar-refractivity contribution in [3.8, 4) is 5.75 Å². The third kappa shape index (κ3) is 4.70. The van der Waals surface area contributed by atoms with Gasteiger partial charge in [0.2, 0.25) is 0 Å². The smallest absolute Gasteiger partial charge is 0.138 e. The number of nitrogens with zero attached hydrogens (tertiary/aromatic N) is 1. The summed E-state index contributed by atoms with van der Waals surface area (Å²) in [5.41, 5.74) is 8.05. The van der Waals surface area contributed by atoms with E-state index in [0.29, 0.717) is 17.4 Å². The van der Waals surface area contributed by atoms with Crippen molar-refractivity contribution in [3.05, 3.63) is 44.9 Å². The van der Waals surface area contributed by atoms with E-state index in [9.17, 15) is 0 Å². The third-order valence-electron chi connectivity index (χ3n) is 3.30. The molecular weight excluding hydrogens is 304 g/mol. The molecule has 1 unspecified atom stereocenters. The summed E-state index contributed by atoms with van der Waals surface area (Å²) in [6, 6.07) is 6.04. The van der Waals surface area contributed by atoms with Gasteiger partial charge in [-0.2, -0.15) is 0 Å². The lowest BCUT2D eigenvalue weighted by molar-refractivity contribution is 0.302. The van der Waals surface area contributed by atoms with E-state index in [1.165, 1.54) is 0 Å². The van der Waals surface area contributed by atoms with Crippen LogP contribution in [-0.2, 0) is 19.4 Å². The standard InChI is InChI=1S/C16H21ClN2OS/c1-3-12(18)7-11-5-6-15(14(17)8-11)20-9-13-10-21-16(4-2)19-13/h5-6,8,10,12H,3-4,7,9,18H2,1-2H3. The monoisotopic (exact) mass is 324 g/mol. The molecule has 1 heterocycles. The second kappa shape index (κ2) is 7.78. The molecule has 0 spiro atoms. The lowest BCUT2D eigenvalue weighted by Crippen LogP contribution is -2.21. The second-order valence-corrected chi connectivity index (χ2v) is 6.36. The molecule has 3 nitrogen and oxygen atoms in total. The van der Waals surface area contributed by atoms with Crippen molar-refractivity contribution in [2.45, 2.75) is 45.8 Å². The van der Waals surface area contributed by atoms with Crippen LogP contribution in [0.4, 0.5) is 0 Å². The van der Waals surface area contributed by atoms with Gasteiger partial charge < -0.3 is 10.5 Å². The molecule has 0 aliphatic heterocycles. The Bertz CT molecular complexity index is 585. The van der Waals surface area contributed by atoms with Crippen molar-refractivity contribution in [1.29, 1.82) is 0 Å². The summed E-state index contributed by atoms with van der Waals surface area (Å²) in [6.45, 7) is 4.63. The molecule has 1 atom stereocenters. The minimum Gasteiger partial charge on any atom is -0.486 e.